The van der Waals surface area contributed by atoms with Crippen molar-refractivity contribution in [2.75, 3.05) is 0 Å². The van der Waals surface area contributed by atoms with E-state index in [1.54, 1.807) is 30.3 Å². The molecule has 126 valence electrons. The first-order valence-electron chi connectivity index (χ1n) is 8.21. The molecule has 0 saturated heterocycles. The molecule has 0 aromatic heterocycles. The van der Waals surface area contributed by atoms with Crippen LogP contribution in [0.2, 0.25) is 0 Å². The molecule has 0 fully saturated rings. The minimum atomic E-state index is -3.46. The molecule has 0 saturated carbocycles. The molecule has 0 unspecified atom stereocenters. The molecule has 0 radical (unpaired) electrons. The van der Waals surface area contributed by atoms with Gasteiger partial charge in [-0.25, -0.2) is 0 Å². The summed E-state index contributed by atoms with van der Waals surface area (Å²) in [5.41, 5.74) is 3.04. The predicted octanol–water partition coefficient (Wildman–Crippen LogP) is 1.57. The van der Waals surface area contributed by atoms with Gasteiger partial charge in [-0.3, -0.25) is 4.79 Å². The standard InChI is InChI=1S/C22H20O2P.Li/c1-16-14-15-21(18(3)17(16)2)22(23)25(24,19-10-6-4-7-11-19)20-12-8-5-9-13-20;/h4-13,15H,1-3H3;/q-1;+1. The molecule has 0 heterocycles. The van der Waals surface area contributed by atoms with Gasteiger partial charge in [0.05, 0.1) is 0 Å². The van der Waals surface area contributed by atoms with Crippen molar-refractivity contribution in [3.8, 4) is 0 Å². The third-order valence-electron chi connectivity index (χ3n) is 4.72. The van der Waals surface area contributed by atoms with Crippen LogP contribution in [0.1, 0.15) is 27.0 Å². The van der Waals surface area contributed by atoms with E-state index in [0.717, 1.165) is 16.7 Å². The van der Waals surface area contributed by atoms with Crippen LogP contribution < -0.4 is 29.5 Å². The number of carbonyl (C=O) groups excluding carboxylic acids is 1. The number of aryl methyl sites for hydroxylation is 1. The van der Waals surface area contributed by atoms with Crippen LogP contribution in [0.15, 0.2) is 66.7 Å². The Balaban J connectivity index is 0.00000243. The molecule has 2 nitrogen and oxygen atoms in total. The van der Waals surface area contributed by atoms with Gasteiger partial charge in [0.2, 0.25) is 0 Å². The third-order valence-corrected chi connectivity index (χ3v) is 7.58. The van der Waals surface area contributed by atoms with Crippen molar-refractivity contribution in [1.29, 1.82) is 0 Å². The van der Waals surface area contributed by atoms with Crippen molar-refractivity contribution in [3.63, 3.8) is 0 Å². The zero-order chi connectivity index (χ0) is 18.0. The molecule has 0 spiro atoms. The molecule has 0 N–H and O–H groups in total. The van der Waals surface area contributed by atoms with E-state index < -0.39 is 7.14 Å². The Morgan fingerprint density at radius 3 is 1.73 bits per heavy atom. The SMILES string of the molecule is Cc1[c-]cc(C(=O)P(=O)(c2ccccc2)c2ccccc2)c(C)c1C.[Li+]. The van der Waals surface area contributed by atoms with Crippen LogP contribution in [0.4, 0.5) is 0 Å². The topological polar surface area (TPSA) is 34.1 Å². The van der Waals surface area contributed by atoms with E-state index in [1.165, 1.54) is 0 Å². The Bertz CT molecular complexity index is 923. The van der Waals surface area contributed by atoms with Crippen molar-refractivity contribution in [1.82, 2.24) is 0 Å². The van der Waals surface area contributed by atoms with Gasteiger partial charge in [0.25, 0.3) is 0 Å². The van der Waals surface area contributed by atoms with Crippen LogP contribution >= 0.6 is 7.14 Å². The van der Waals surface area contributed by atoms with Crippen molar-refractivity contribution in [3.05, 3.63) is 95.1 Å². The first kappa shape index (κ1) is 20.5. The Morgan fingerprint density at radius 1 is 0.808 bits per heavy atom. The van der Waals surface area contributed by atoms with E-state index in [1.807, 2.05) is 57.2 Å². The summed E-state index contributed by atoms with van der Waals surface area (Å²) >= 11 is 0. The summed E-state index contributed by atoms with van der Waals surface area (Å²) in [6, 6.07) is 22.9. The minimum Gasteiger partial charge on any atom is -0.306 e. The van der Waals surface area contributed by atoms with Crippen LogP contribution in [-0.2, 0) is 4.57 Å². The summed E-state index contributed by atoms with van der Waals surface area (Å²) in [7, 11) is -3.46. The van der Waals surface area contributed by atoms with E-state index in [-0.39, 0.29) is 24.4 Å². The van der Waals surface area contributed by atoms with Crippen molar-refractivity contribution < 1.29 is 28.2 Å². The van der Waals surface area contributed by atoms with Gasteiger partial charge in [-0.1, -0.05) is 87.0 Å². The summed E-state index contributed by atoms with van der Waals surface area (Å²) in [6.07, 6.45) is 0. The summed E-state index contributed by atoms with van der Waals surface area (Å²) in [4.78, 5) is 13.5. The van der Waals surface area contributed by atoms with Crippen LogP contribution in [-0.4, -0.2) is 5.52 Å². The van der Waals surface area contributed by atoms with Crippen LogP contribution in [0.5, 0.6) is 0 Å². The Labute approximate surface area is 167 Å². The maximum atomic E-state index is 14.1. The van der Waals surface area contributed by atoms with Crippen LogP contribution in [0.25, 0.3) is 0 Å². The molecule has 3 aromatic rings. The average Bonchev–Trinajstić information content (AvgIpc) is 2.66. The number of rotatable bonds is 4. The smallest absolute Gasteiger partial charge is 0.306 e. The molecule has 0 aliphatic carbocycles. The molecule has 0 amide bonds. The molecule has 0 bridgehead atoms. The van der Waals surface area contributed by atoms with Gasteiger partial charge in [0, 0.05) is 10.6 Å². The molecule has 4 heteroatoms. The maximum Gasteiger partial charge on any atom is 1.00 e. The second-order valence-corrected chi connectivity index (χ2v) is 8.82. The van der Waals surface area contributed by atoms with E-state index in [9.17, 15) is 9.36 Å². The average molecular weight is 354 g/mol. The monoisotopic (exact) mass is 354 g/mol. The van der Waals surface area contributed by atoms with Gasteiger partial charge in [-0.15, -0.1) is 5.56 Å². The number of carbonyl (C=O) groups is 1. The van der Waals surface area contributed by atoms with Gasteiger partial charge >= 0.3 is 18.9 Å². The summed E-state index contributed by atoms with van der Waals surface area (Å²) in [5.74, 6) is 0. The Hall–Kier alpha value is -1.84. The molecular formula is C22H20LiO2P. The zero-order valence-corrected chi connectivity index (χ0v) is 16.5. The fourth-order valence-corrected chi connectivity index (χ4v) is 5.45. The molecule has 0 aliphatic heterocycles. The van der Waals surface area contributed by atoms with Crippen molar-refractivity contribution in [2.24, 2.45) is 0 Å². The summed E-state index contributed by atoms with van der Waals surface area (Å²) in [5, 5.41) is 1.12. The molecule has 26 heavy (non-hydrogen) atoms. The van der Waals surface area contributed by atoms with Gasteiger partial charge in [0.15, 0.2) is 12.7 Å². The van der Waals surface area contributed by atoms with Crippen molar-refractivity contribution >= 4 is 23.3 Å². The van der Waals surface area contributed by atoms with Crippen molar-refractivity contribution in [2.45, 2.75) is 20.8 Å². The van der Waals surface area contributed by atoms with E-state index in [4.69, 9.17) is 0 Å². The second-order valence-electron chi connectivity index (χ2n) is 6.16. The minimum absolute atomic E-state index is 0. The molecular weight excluding hydrogens is 334 g/mol. The van der Waals surface area contributed by atoms with Gasteiger partial charge in [-0.05, 0) is 0 Å². The number of hydrogen-bond donors (Lipinski definition) is 0. The molecule has 3 aromatic carbocycles. The predicted molar refractivity (Wildman–Crippen MR) is 104 cm³/mol. The summed E-state index contributed by atoms with van der Waals surface area (Å²) in [6.45, 7) is 5.84. The second kappa shape index (κ2) is 8.23. The first-order valence-corrected chi connectivity index (χ1v) is 9.91. The third kappa shape index (κ3) is 3.51. The fraction of sp³-hybridized carbons (Fsp3) is 0.136. The first-order chi connectivity index (χ1) is 12.0. The number of hydrogen-bond acceptors (Lipinski definition) is 2. The van der Waals surface area contributed by atoms with Crippen LogP contribution in [0.3, 0.4) is 0 Å². The van der Waals surface area contributed by atoms with E-state index in [0.29, 0.717) is 16.2 Å². The quantitative estimate of drug-likeness (QED) is 0.405. The largest absolute Gasteiger partial charge is 1.00 e. The molecule has 3 rings (SSSR count). The fourth-order valence-electron chi connectivity index (χ4n) is 2.93. The summed E-state index contributed by atoms with van der Waals surface area (Å²) < 4.78 is 14.1. The number of benzene rings is 3. The Kier molecular flexibility index (Phi) is 6.48. The normalized spacial score (nSPS) is 10.9. The van der Waals surface area contributed by atoms with Gasteiger partial charge in [-0.2, -0.15) is 23.3 Å². The molecule has 0 aliphatic rings. The van der Waals surface area contributed by atoms with E-state index in [2.05, 4.69) is 6.07 Å². The van der Waals surface area contributed by atoms with Gasteiger partial charge < -0.3 is 4.57 Å². The zero-order valence-electron chi connectivity index (χ0n) is 15.6. The van der Waals surface area contributed by atoms with Gasteiger partial charge in [0.1, 0.15) is 0 Å². The van der Waals surface area contributed by atoms with Crippen LogP contribution in [0, 0.1) is 26.8 Å². The maximum absolute atomic E-state index is 14.1. The van der Waals surface area contributed by atoms with E-state index >= 15 is 0 Å². The Morgan fingerprint density at radius 2 is 1.27 bits per heavy atom. The molecule has 0 atom stereocenters.